The summed E-state index contributed by atoms with van der Waals surface area (Å²) >= 11 is 0. The molecule has 0 aliphatic heterocycles. The highest BCUT2D eigenvalue weighted by atomic mass is 16.5. The Hall–Kier alpha value is -1.30. The number of amides is 2. The summed E-state index contributed by atoms with van der Waals surface area (Å²) < 4.78 is 4.73. The van der Waals surface area contributed by atoms with Crippen LogP contribution in [-0.4, -0.2) is 42.9 Å². The van der Waals surface area contributed by atoms with Gasteiger partial charge in [-0.3, -0.25) is 0 Å². The third-order valence-corrected chi connectivity index (χ3v) is 3.28. The van der Waals surface area contributed by atoms with E-state index in [4.69, 9.17) is 9.84 Å². The number of carboxylic acid groups (broad SMARTS) is 1. The first-order valence-corrected chi connectivity index (χ1v) is 6.33. The number of aliphatic carboxylic acids is 1. The first-order chi connectivity index (χ1) is 8.52. The topological polar surface area (TPSA) is 87.7 Å². The van der Waals surface area contributed by atoms with Gasteiger partial charge in [-0.1, -0.05) is 19.8 Å². The minimum absolute atomic E-state index is 0.0278. The number of methoxy groups -OCH3 is 1. The van der Waals surface area contributed by atoms with E-state index in [1.54, 1.807) is 0 Å². The van der Waals surface area contributed by atoms with Crippen molar-refractivity contribution in [3.63, 3.8) is 0 Å². The molecular weight excluding hydrogens is 236 g/mol. The molecule has 3 atom stereocenters. The first kappa shape index (κ1) is 14.8. The summed E-state index contributed by atoms with van der Waals surface area (Å²) in [7, 11) is 1.31. The van der Waals surface area contributed by atoms with E-state index in [0.29, 0.717) is 5.92 Å². The SMILES string of the molecule is COC(CNC(=O)NC1CCCC(C)C1)C(=O)O. The number of nitrogens with one attached hydrogen (secondary N) is 2. The van der Waals surface area contributed by atoms with Crippen molar-refractivity contribution in [1.29, 1.82) is 0 Å². The summed E-state index contributed by atoms with van der Waals surface area (Å²) in [5.41, 5.74) is 0. The van der Waals surface area contributed by atoms with Crippen LogP contribution in [0.4, 0.5) is 4.79 Å². The molecule has 1 aliphatic rings. The molecule has 0 radical (unpaired) electrons. The van der Waals surface area contributed by atoms with Gasteiger partial charge in [0.15, 0.2) is 6.10 Å². The van der Waals surface area contributed by atoms with E-state index >= 15 is 0 Å². The Morgan fingerprint density at radius 1 is 1.44 bits per heavy atom. The van der Waals surface area contributed by atoms with Crippen molar-refractivity contribution in [1.82, 2.24) is 10.6 Å². The standard InChI is InChI=1S/C12H22N2O4/c1-8-4-3-5-9(6-8)14-12(17)13-7-10(18-2)11(15)16/h8-10H,3-7H2,1-2H3,(H,15,16)(H2,13,14,17). The third-order valence-electron chi connectivity index (χ3n) is 3.28. The van der Waals surface area contributed by atoms with Gasteiger partial charge in [0.2, 0.25) is 0 Å². The zero-order valence-electron chi connectivity index (χ0n) is 10.9. The molecule has 1 aliphatic carbocycles. The molecule has 1 fully saturated rings. The van der Waals surface area contributed by atoms with Gasteiger partial charge in [0, 0.05) is 13.2 Å². The lowest BCUT2D eigenvalue weighted by Crippen LogP contribution is -2.47. The van der Waals surface area contributed by atoms with Gasteiger partial charge < -0.3 is 20.5 Å². The molecule has 18 heavy (non-hydrogen) atoms. The molecule has 6 nitrogen and oxygen atoms in total. The highest BCUT2D eigenvalue weighted by Crippen LogP contribution is 2.23. The number of carbonyl (C=O) groups excluding carboxylic acids is 1. The van der Waals surface area contributed by atoms with Crippen molar-refractivity contribution in [3.8, 4) is 0 Å². The van der Waals surface area contributed by atoms with Gasteiger partial charge in [0.25, 0.3) is 0 Å². The quantitative estimate of drug-likeness (QED) is 0.685. The average Bonchev–Trinajstić information content (AvgIpc) is 2.29. The maximum Gasteiger partial charge on any atom is 0.334 e. The summed E-state index contributed by atoms with van der Waals surface area (Å²) in [6.07, 6.45) is 3.32. The van der Waals surface area contributed by atoms with Crippen LogP contribution in [0.1, 0.15) is 32.6 Å². The second-order valence-electron chi connectivity index (χ2n) is 4.89. The fraction of sp³-hybridized carbons (Fsp3) is 0.833. The predicted octanol–water partition coefficient (Wildman–Crippen LogP) is 0.964. The number of carbonyl (C=O) groups is 2. The Morgan fingerprint density at radius 2 is 2.17 bits per heavy atom. The van der Waals surface area contributed by atoms with E-state index in [0.717, 1.165) is 19.3 Å². The maximum absolute atomic E-state index is 11.6. The van der Waals surface area contributed by atoms with Crippen LogP contribution in [0, 0.1) is 5.92 Å². The zero-order chi connectivity index (χ0) is 13.5. The van der Waals surface area contributed by atoms with Crippen molar-refractivity contribution < 1.29 is 19.4 Å². The zero-order valence-corrected chi connectivity index (χ0v) is 10.9. The highest BCUT2D eigenvalue weighted by Gasteiger charge is 2.21. The average molecular weight is 258 g/mol. The van der Waals surface area contributed by atoms with Crippen molar-refractivity contribution in [2.45, 2.75) is 44.8 Å². The van der Waals surface area contributed by atoms with Crippen LogP contribution in [0.3, 0.4) is 0 Å². The number of hydrogen-bond donors (Lipinski definition) is 3. The monoisotopic (exact) mass is 258 g/mol. The van der Waals surface area contributed by atoms with Crippen LogP contribution >= 0.6 is 0 Å². The van der Waals surface area contributed by atoms with Gasteiger partial charge in [-0.2, -0.15) is 0 Å². The second-order valence-corrected chi connectivity index (χ2v) is 4.89. The van der Waals surface area contributed by atoms with E-state index in [-0.39, 0.29) is 18.6 Å². The van der Waals surface area contributed by atoms with E-state index in [9.17, 15) is 9.59 Å². The normalized spacial score (nSPS) is 25.2. The number of rotatable bonds is 5. The summed E-state index contributed by atoms with van der Waals surface area (Å²) in [5.74, 6) is -0.445. The highest BCUT2D eigenvalue weighted by molar-refractivity contribution is 5.77. The molecule has 3 unspecified atom stereocenters. The molecular formula is C12H22N2O4. The van der Waals surface area contributed by atoms with Crippen LogP contribution in [0.2, 0.25) is 0 Å². The van der Waals surface area contributed by atoms with Crippen LogP contribution < -0.4 is 10.6 Å². The molecule has 0 aromatic heterocycles. The number of urea groups is 1. The van der Waals surface area contributed by atoms with Gasteiger partial charge in [-0.15, -0.1) is 0 Å². The number of carboxylic acids is 1. The summed E-state index contributed by atoms with van der Waals surface area (Å²) in [6.45, 7) is 2.15. The van der Waals surface area contributed by atoms with Gasteiger partial charge >= 0.3 is 12.0 Å². The molecule has 0 spiro atoms. The Kier molecular flexibility index (Phi) is 5.91. The van der Waals surface area contributed by atoms with E-state index in [2.05, 4.69) is 17.6 Å². The summed E-state index contributed by atoms with van der Waals surface area (Å²) in [4.78, 5) is 22.3. The predicted molar refractivity (Wildman–Crippen MR) is 66.4 cm³/mol. The Morgan fingerprint density at radius 3 is 2.72 bits per heavy atom. The number of hydrogen-bond acceptors (Lipinski definition) is 3. The molecule has 0 heterocycles. The van der Waals surface area contributed by atoms with E-state index < -0.39 is 12.1 Å². The molecule has 1 saturated carbocycles. The molecule has 3 N–H and O–H groups in total. The molecule has 1 rings (SSSR count). The van der Waals surface area contributed by atoms with Gasteiger partial charge in [0.1, 0.15) is 0 Å². The van der Waals surface area contributed by atoms with Gasteiger partial charge in [0.05, 0.1) is 6.54 Å². The Labute approximate surface area is 107 Å². The van der Waals surface area contributed by atoms with Crippen LogP contribution in [0.25, 0.3) is 0 Å². The summed E-state index contributed by atoms with van der Waals surface area (Å²) in [5, 5.41) is 14.1. The largest absolute Gasteiger partial charge is 0.479 e. The van der Waals surface area contributed by atoms with Crippen molar-refractivity contribution >= 4 is 12.0 Å². The fourth-order valence-electron chi connectivity index (χ4n) is 2.26. The van der Waals surface area contributed by atoms with Crippen LogP contribution in [0.5, 0.6) is 0 Å². The van der Waals surface area contributed by atoms with E-state index in [1.165, 1.54) is 13.5 Å². The molecule has 0 saturated heterocycles. The van der Waals surface area contributed by atoms with Crippen molar-refractivity contribution in [2.24, 2.45) is 5.92 Å². The molecule has 104 valence electrons. The van der Waals surface area contributed by atoms with Crippen molar-refractivity contribution in [3.05, 3.63) is 0 Å². The number of ether oxygens (including phenoxy) is 1. The lowest BCUT2D eigenvalue weighted by atomic mass is 9.87. The maximum atomic E-state index is 11.6. The Balaban J connectivity index is 2.26. The van der Waals surface area contributed by atoms with Crippen molar-refractivity contribution in [2.75, 3.05) is 13.7 Å². The lowest BCUT2D eigenvalue weighted by molar-refractivity contribution is -0.147. The minimum atomic E-state index is -1.08. The third kappa shape index (κ3) is 4.91. The summed E-state index contributed by atoms with van der Waals surface area (Å²) in [6, 6.07) is -0.128. The minimum Gasteiger partial charge on any atom is -0.479 e. The molecule has 6 heteroatoms. The van der Waals surface area contributed by atoms with Gasteiger partial charge in [-0.05, 0) is 18.8 Å². The molecule has 2 amide bonds. The second kappa shape index (κ2) is 7.20. The molecule has 0 bridgehead atoms. The molecule has 0 aromatic carbocycles. The Bertz CT molecular complexity index is 296. The first-order valence-electron chi connectivity index (χ1n) is 6.33. The lowest BCUT2D eigenvalue weighted by Gasteiger charge is -2.27. The smallest absolute Gasteiger partial charge is 0.334 e. The van der Waals surface area contributed by atoms with Crippen LogP contribution in [0.15, 0.2) is 0 Å². The van der Waals surface area contributed by atoms with Crippen LogP contribution in [-0.2, 0) is 9.53 Å². The molecule has 0 aromatic rings. The van der Waals surface area contributed by atoms with Gasteiger partial charge in [-0.25, -0.2) is 9.59 Å². The fourth-order valence-corrected chi connectivity index (χ4v) is 2.26. The van der Waals surface area contributed by atoms with E-state index in [1.807, 2.05) is 0 Å².